The Morgan fingerprint density at radius 1 is 0.338 bits per heavy atom. The third kappa shape index (κ3) is 56.7. The summed E-state index contributed by atoms with van der Waals surface area (Å²) in [5.74, 6) is -0.571. The molecule has 0 fully saturated rings. The molecule has 0 aliphatic heterocycles. The molecule has 0 aliphatic carbocycles. The second kappa shape index (κ2) is 59.4. The van der Waals surface area contributed by atoms with Crippen molar-refractivity contribution in [1.29, 1.82) is 0 Å². The first kappa shape index (κ1) is 66.1. The lowest BCUT2D eigenvalue weighted by atomic mass is 10.0. The summed E-state index contributed by atoms with van der Waals surface area (Å²) >= 11 is 0. The molecule has 0 aliphatic rings. The number of rotatable bonds is 57. The molecular weight excluding hydrogens is 837 g/mol. The lowest BCUT2D eigenvalue weighted by molar-refractivity contribution is -0.161. The van der Waals surface area contributed by atoms with Gasteiger partial charge in [-0.1, -0.05) is 307 Å². The molecule has 0 spiro atoms. The smallest absolute Gasteiger partial charge is 0.306 e. The van der Waals surface area contributed by atoms with Crippen molar-refractivity contribution in [3.8, 4) is 0 Å². The molecule has 5 nitrogen and oxygen atoms in total. The molecule has 0 radical (unpaired) electrons. The highest BCUT2D eigenvalue weighted by molar-refractivity contribution is 5.70. The number of esters is 2. The SMILES string of the molecule is CCCCCCC/C=C\C/C=C\C/C=C\CCCCCCCCCCCCCCCCCCCCCCCCCCCCC(=O)OC(CO)COC(=O)CCCCCCCCCCCCCCC. The average Bonchev–Trinajstić information content (AvgIpc) is 3.34. The van der Waals surface area contributed by atoms with Crippen LogP contribution in [0.5, 0.6) is 0 Å². The number of unbranched alkanes of at least 4 members (excludes halogenated alkanes) is 43. The minimum Gasteiger partial charge on any atom is -0.462 e. The maximum Gasteiger partial charge on any atom is 0.306 e. The number of ether oxygens (including phenoxy) is 2. The van der Waals surface area contributed by atoms with Gasteiger partial charge < -0.3 is 14.6 Å². The highest BCUT2D eigenvalue weighted by Crippen LogP contribution is 2.18. The Kier molecular flexibility index (Phi) is 57.8. The number of aliphatic hydroxyl groups is 1. The largest absolute Gasteiger partial charge is 0.462 e. The standard InChI is InChI=1S/C63H118O5/c1-3-5-7-9-11-13-15-17-18-19-20-21-22-23-24-25-26-27-28-29-30-31-32-33-34-35-36-37-38-39-40-41-42-43-44-46-48-50-52-54-56-58-63(66)68-61(59-64)60-67-62(65)57-55-53-51-49-47-45-16-14-12-10-8-6-4-2/h15,17,19-20,22-23,61,64H,3-14,16,18,21,24-60H2,1-2H3/b17-15-,20-19-,23-22-. The van der Waals surface area contributed by atoms with E-state index in [2.05, 4.69) is 50.3 Å². The Hall–Kier alpha value is -1.88. The number of allylic oxidation sites excluding steroid dienone is 6. The van der Waals surface area contributed by atoms with Gasteiger partial charge in [0.15, 0.2) is 6.10 Å². The molecule has 1 atom stereocenters. The Morgan fingerprint density at radius 2 is 0.588 bits per heavy atom. The van der Waals surface area contributed by atoms with Crippen LogP contribution >= 0.6 is 0 Å². The highest BCUT2D eigenvalue weighted by atomic mass is 16.6. The van der Waals surface area contributed by atoms with E-state index in [9.17, 15) is 14.7 Å². The predicted molar refractivity (Wildman–Crippen MR) is 298 cm³/mol. The van der Waals surface area contributed by atoms with Gasteiger partial charge in [0, 0.05) is 12.8 Å². The number of carbonyl (C=O) groups is 2. The number of hydrogen-bond acceptors (Lipinski definition) is 5. The van der Waals surface area contributed by atoms with Gasteiger partial charge in [0.25, 0.3) is 0 Å². The lowest BCUT2D eigenvalue weighted by Gasteiger charge is -2.15. The molecule has 0 aromatic carbocycles. The summed E-state index contributed by atoms with van der Waals surface area (Å²) in [7, 11) is 0. The van der Waals surface area contributed by atoms with Crippen LogP contribution in [-0.4, -0.2) is 36.4 Å². The van der Waals surface area contributed by atoms with E-state index in [1.165, 1.54) is 263 Å². The van der Waals surface area contributed by atoms with Crippen molar-refractivity contribution in [2.45, 2.75) is 341 Å². The van der Waals surface area contributed by atoms with Crippen molar-refractivity contribution in [1.82, 2.24) is 0 Å². The second-order valence-electron chi connectivity index (χ2n) is 20.8. The van der Waals surface area contributed by atoms with E-state index in [-0.39, 0.29) is 25.2 Å². The van der Waals surface area contributed by atoms with Crippen LogP contribution in [0.1, 0.15) is 335 Å². The Labute approximate surface area is 425 Å². The summed E-state index contributed by atoms with van der Waals surface area (Å²) in [6.45, 7) is 4.16. The van der Waals surface area contributed by atoms with Crippen LogP contribution in [0.15, 0.2) is 36.5 Å². The third-order valence-corrected chi connectivity index (χ3v) is 13.9. The molecule has 0 saturated carbocycles. The summed E-state index contributed by atoms with van der Waals surface area (Å²) < 4.78 is 10.7. The molecule has 0 rings (SSSR count). The lowest BCUT2D eigenvalue weighted by Crippen LogP contribution is -2.28. The van der Waals surface area contributed by atoms with Crippen LogP contribution in [0.2, 0.25) is 0 Å². The van der Waals surface area contributed by atoms with E-state index >= 15 is 0 Å². The van der Waals surface area contributed by atoms with Crippen LogP contribution in [0, 0.1) is 0 Å². The third-order valence-electron chi connectivity index (χ3n) is 13.9. The number of hydrogen-bond donors (Lipinski definition) is 1. The van der Waals surface area contributed by atoms with Crippen LogP contribution in [-0.2, 0) is 19.1 Å². The topological polar surface area (TPSA) is 72.8 Å². The van der Waals surface area contributed by atoms with Crippen molar-refractivity contribution < 1.29 is 24.2 Å². The summed E-state index contributed by atoms with van der Waals surface area (Å²) in [6.07, 6.45) is 77.3. The van der Waals surface area contributed by atoms with Gasteiger partial charge in [-0.05, 0) is 51.4 Å². The quantitative estimate of drug-likeness (QED) is 0.0374. The molecular formula is C63H118O5. The highest BCUT2D eigenvalue weighted by Gasteiger charge is 2.16. The molecule has 68 heavy (non-hydrogen) atoms. The van der Waals surface area contributed by atoms with Gasteiger partial charge in [0.05, 0.1) is 6.61 Å². The maximum absolute atomic E-state index is 12.3. The molecule has 0 saturated heterocycles. The van der Waals surface area contributed by atoms with Gasteiger partial charge in [-0.25, -0.2) is 0 Å². The Balaban J connectivity index is 3.35. The first-order valence-corrected chi connectivity index (χ1v) is 30.5. The van der Waals surface area contributed by atoms with Crippen molar-refractivity contribution in [3.63, 3.8) is 0 Å². The van der Waals surface area contributed by atoms with Crippen LogP contribution < -0.4 is 0 Å². The van der Waals surface area contributed by atoms with Gasteiger partial charge in [-0.2, -0.15) is 0 Å². The van der Waals surface area contributed by atoms with Gasteiger partial charge in [0.2, 0.25) is 0 Å². The maximum atomic E-state index is 12.3. The first-order chi connectivity index (χ1) is 33.6. The zero-order valence-electron chi connectivity index (χ0n) is 45.9. The minimum atomic E-state index is -0.766. The predicted octanol–water partition coefficient (Wildman–Crippen LogP) is 20.6. The van der Waals surface area contributed by atoms with Crippen molar-refractivity contribution >= 4 is 11.9 Å². The summed E-state index contributed by atoms with van der Waals surface area (Å²) in [5.41, 5.74) is 0. The molecule has 1 N–H and O–H groups in total. The molecule has 5 heteroatoms. The number of carbonyl (C=O) groups excluding carboxylic acids is 2. The molecule has 400 valence electrons. The molecule has 0 aromatic rings. The molecule has 1 unspecified atom stereocenters. The fourth-order valence-corrected chi connectivity index (χ4v) is 9.33. The van der Waals surface area contributed by atoms with E-state index in [1.54, 1.807) is 0 Å². The van der Waals surface area contributed by atoms with Crippen LogP contribution in [0.4, 0.5) is 0 Å². The van der Waals surface area contributed by atoms with E-state index < -0.39 is 6.10 Å². The molecule has 0 heterocycles. The zero-order valence-corrected chi connectivity index (χ0v) is 45.9. The summed E-state index contributed by atoms with van der Waals surface area (Å²) in [4.78, 5) is 24.4. The molecule has 0 bridgehead atoms. The molecule has 0 aromatic heterocycles. The van der Waals surface area contributed by atoms with Crippen LogP contribution in [0.25, 0.3) is 0 Å². The first-order valence-electron chi connectivity index (χ1n) is 30.5. The molecule has 0 amide bonds. The van der Waals surface area contributed by atoms with Gasteiger partial charge in [-0.15, -0.1) is 0 Å². The summed E-state index contributed by atoms with van der Waals surface area (Å²) in [5, 5.41) is 9.63. The van der Waals surface area contributed by atoms with E-state index in [1.807, 2.05) is 0 Å². The van der Waals surface area contributed by atoms with Crippen molar-refractivity contribution in [2.24, 2.45) is 0 Å². The average molecular weight is 956 g/mol. The summed E-state index contributed by atoms with van der Waals surface area (Å²) in [6, 6.07) is 0. The second-order valence-corrected chi connectivity index (χ2v) is 20.8. The van der Waals surface area contributed by atoms with Crippen molar-refractivity contribution in [2.75, 3.05) is 13.2 Å². The Morgan fingerprint density at radius 3 is 0.882 bits per heavy atom. The monoisotopic (exact) mass is 955 g/mol. The van der Waals surface area contributed by atoms with E-state index in [4.69, 9.17) is 9.47 Å². The number of aliphatic hydroxyl groups excluding tert-OH is 1. The van der Waals surface area contributed by atoms with Crippen LogP contribution in [0.3, 0.4) is 0 Å². The fourth-order valence-electron chi connectivity index (χ4n) is 9.33. The minimum absolute atomic E-state index is 0.0585. The van der Waals surface area contributed by atoms with Crippen molar-refractivity contribution in [3.05, 3.63) is 36.5 Å². The van der Waals surface area contributed by atoms with E-state index in [0.29, 0.717) is 12.8 Å². The normalized spacial score (nSPS) is 12.3. The van der Waals surface area contributed by atoms with Gasteiger partial charge in [-0.3, -0.25) is 9.59 Å². The fraction of sp³-hybridized carbons (Fsp3) is 0.873. The van der Waals surface area contributed by atoms with E-state index in [0.717, 1.165) is 44.9 Å². The van der Waals surface area contributed by atoms with Gasteiger partial charge >= 0.3 is 11.9 Å². The Bertz CT molecular complexity index is 1080. The van der Waals surface area contributed by atoms with Gasteiger partial charge in [0.1, 0.15) is 6.61 Å². The zero-order chi connectivity index (χ0) is 49.2.